The highest BCUT2D eigenvalue weighted by Crippen LogP contribution is 2.28. The van der Waals surface area contributed by atoms with Gasteiger partial charge in [-0.1, -0.05) is 61.0 Å². The van der Waals surface area contributed by atoms with Crippen LogP contribution in [-0.4, -0.2) is 20.9 Å². The van der Waals surface area contributed by atoms with Crippen molar-refractivity contribution in [1.82, 2.24) is 0 Å². The van der Waals surface area contributed by atoms with Crippen LogP contribution in [0.4, 0.5) is 11.4 Å². The second-order valence-electron chi connectivity index (χ2n) is 6.82. The topological polar surface area (TPSA) is 66.5 Å². The third kappa shape index (κ3) is 4.83. The zero-order valence-corrected chi connectivity index (χ0v) is 18.4. The zero-order valence-electron chi connectivity index (χ0n) is 16.8. The Kier molecular flexibility index (Phi) is 6.80. The standard InChI is InChI=1S/C23H23ClN2O3S/c1-3-18-9-7-8-12-22(18)26(30(28,29)20-10-5-4-6-11-20)16-23(27)25-19-14-13-17(2)21(24)15-19/h4-15H,3,16H2,1-2H3,(H,25,27). The molecule has 5 nitrogen and oxygen atoms in total. The molecule has 156 valence electrons. The molecule has 3 rings (SSSR count). The Labute approximate surface area is 182 Å². The van der Waals surface area contributed by atoms with Gasteiger partial charge in [0.15, 0.2) is 0 Å². The molecule has 30 heavy (non-hydrogen) atoms. The summed E-state index contributed by atoms with van der Waals surface area (Å²) in [5, 5.41) is 3.27. The van der Waals surface area contributed by atoms with Crippen LogP contribution in [0.1, 0.15) is 18.1 Å². The predicted octanol–water partition coefficient (Wildman–Crippen LogP) is 5.04. The number of amides is 1. The summed E-state index contributed by atoms with van der Waals surface area (Å²) in [6.45, 7) is 3.45. The lowest BCUT2D eigenvalue weighted by Gasteiger charge is -2.26. The molecule has 0 spiro atoms. The van der Waals surface area contributed by atoms with Crippen molar-refractivity contribution in [3.63, 3.8) is 0 Å². The van der Waals surface area contributed by atoms with Crippen molar-refractivity contribution in [3.05, 3.63) is 88.9 Å². The van der Waals surface area contributed by atoms with E-state index in [0.29, 0.717) is 22.8 Å². The summed E-state index contributed by atoms with van der Waals surface area (Å²) < 4.78 is 28.0. The van der Waals surface area contributed by atoms with Crippen molar-refractivity contribution in [2.24, 2.45) is 0 Å². The lowest BCUT2D eigenvalue weighted by atomic mass is 10.1. The molecular weight excluding hydrogens is 420 g/mol. The van der Waals surface area contributed by atoms with E-state index in [1.807, 2.05) is 26.0 Å². The molecule has 0 aliphatic rings. The molecule has 1 N–H and O–H groups in total. The van der Waals surface area contributed by atoms with Gasteiger partial charge in [-0.2, -0.15) is 0 Å². The van der Waals surface area contributed by atoms with E-state index in [0.717, 1.165) is 15.4 Å². The first-order valence-electron chi connectivity index (χ1n) is 9.54. The molecule has 3 aromatic carbocycles. The normalized spacial score (nSPS) is 11.2. The number of para-hydroxylation sites is 1. The molecule has 0 aliphatic heterocycles. The van der Waals surface area contributed by atoms with Crippen LogP contribution in [0.2, 0.25) is 5.02 Å². The number of rotatable bonds is 7. The van der Waals surface area contributed by atoms with Gasteiger partial charge in [0.05, 0.1) is 10.6 Å². The predicted molar refractivity (Wildman–Crippen MR) is 122 cm³/mol. The van der Waals surface area contributed by atoms with Crippen molar-refractivity contribution in [1.29, 1.82) is 0 Å². The fourth-order valence-electron chi connectivity index (χ4n) is 3.07. The van der Waals surface area contributed by atoms with Crippen LogP contribution in [0.25, 0.3) is 0 Å². The summed E-state index contributed by atoms with van der Waals surface area (Å²) in [5.74, 6) is -0.458. The summed E-state index contributed by atoms with van der Waals surface area (Å²) in [5.41, 5.74) is 2.72. The largest absolute Gasteiger partial charge is 0.324 e. The highest BCUT2D eigenvalue weighted by Gasteiger charge is 2.28. The van der Waals surface area contributed by atoms with E-state index in [2.05, 4.69) is 5.32 Å². The Morgan fingerprint density at radius 1 is 1.00 bits per heavy atom. The number of anilines is 2. The van der Waals surface area contributed by atoms with Gasteiger partial charge in [0, 0.05) is 10.7 Å². The average Bonchev–Trinajstić information content (AvgIpc) is 2.75. The van der Waals surface area contributed by atoms with Crippen molar-refractivity contribution in [2.45, 2.75) is 25.2 Å². The first-order valence-corrected chi connectivity index (χ1v) is 11.4. The van der Waals surface area contributed by atoms with Crippen LogP contribution in [0, 0.1) is 6.92 Å². The SMILES string of the molecule is CCc1ccccc1N(CC(=O)Nc1ccc(C)c(Cl)c1)S(=O)(=O)c1ccccc1. The molecular formula is C23H23ClN2O3S. The Morgan fingerprint density at radius 3 is 2.33 bits per heavy atom. The van der Waals surface area contributed by atoms with Gasteiger partial charge in [-0.3, -0.25) is 9.10 Å². The molecule has 1 amide bonds. The number of carbonyl (C=O) groups is 1. The summed E-state index contributed by atoms with van der Waals surface area (Å²) in [6, 6.07) is 20.5. The molecule has 0 aliphatic carbocycles. The van der Waals surface area contributed by atoms with Crippen LogP contribution in [-0.2, 0) is 21.2 Å². The maximum absolute atomic E-state index is 13.4. The molecule has 0 saturated carbocycles. The van der Waals surface area contributed by atoms with E-state index in [9.17, 15) is 13.2 Å². The van der Waals surface area contributed by atoms with Gasteiger partial charge in [0.25, 0.3) is 10.0 Å². The Hall–Kier alpha value is -2.83. The van der Waals surface area contributed by atoms with Crippen molar-refractivity contribution in [3.8, 4) is 0 Å². The van der Waals surface area contributed by atoms with E-state index in [4.69, 9.17) is 11.6 Å². The second kappa shape index (κ2) is 9.32. The van der Waals surface area contributed by atoms with Gasteiger partial charge in [-0.05, 0) is 54.8 Å². The van der Waals surface area contributed by atoms with E-state index < -0.39 is 15.9 Å². The molecule has 0 saturated heterocycles. The molecule has 3 aromatic rings. The fourth-order valence-corrected chi connectivity index (χ4v) is 4.73. The Bertz CT molecular complexity index is 1150. The Morgan fingerprint density at radius 2 is 1.67 bits per heavy atom. The lowest BCUT2D eigenvalue weighted by Crippen LogP contribution is -2.38. The van der Waals surface area contributed by atoms with Gasteiger partial charge in [-0.15, -0.1) is 0 Å². The van der Waals surface area contributed by atoms with Crippen LogP contribution < -0.4 is 9.62 Å². The number of aryl methyl sites for hydroxylation is 2. The fraction of sp³-hybridized carbons (Fsp3) is 0.174. The van der Waals surface area contributed by atoms with Crippen molar-refractivity contribution in [2.75, 3.05) is 16.2 Å². The molecule has 0 atom stereocenters. The van der Waals surface area contributed by atoms with E-state index >= 15 is 0 Å². The van der Waals surface area contributed by atoms with Crippen LogP contribution in [0.5, 0.6) is 0 Å². The number of hydrogen-bond donors (Lipinski definition) is 1. The first-order chi connectivity index (χ1) is 14.3. The number of nitrogens with zero attached hydrogens (tertiary/aromatic N) is 1. The van der Waals surface area contributed by atoms with Crippen molar-refractivity contribution < 1.29 is 13.2 Å². The summed E-state index contributed by atoms with van der Waals surface area (Å²) in [4.78, 5) is 12.9. The minimum absolute atomic E-state index is 0.127. The molecule has 0 unspecified atom stereocenters. The minimum Gasteiger partial charge on any atom is -0.324 e. The molecule has 0 heterocycles. The van der Waals surface area contributed by atoms with Crippen LogP contribution >= 0.6 is 11.6 Å². The third-order valence-electron chi connectivity index (χ3n) is 4.72. The number of halogens is 1. The van der Waals surface area contributed by atoms with Gasteiger partial charge >= 0.3 is 0 Å². The highest BCUT2D eigenvalue weighted by atomic mass is 35.5. The van der Waals surface area contributed by atoms with Crippen molar-refractivity contribution >= 4 is 38.9 Å². The summed E-state index contributed by atoms with van der Waals surface area (Å²) in [7, 11) is -3.94. The monoisotopic (exact) mass is 442 g/mol. The smallest absolute Gasteiger partial charge is 0.264 e. The second-order valence-corrected chi connectivity index (χ2v) is 9.09. The summed E-state index contributed by atoms with van der Waals surface area (Å²) in [6.07, 6.45) is 0.631. The maximum atomic E-state index is 13.4. The van der Waals surface area contributed by atoms with Gasteiger partial charge in [0.2, 0.25) is 5.91 Å². The quantitative estimate of drug-likeness (QED) is 0.557. The minimum atomic E-state index is -3.94. The lowest BCUT2D eigenvalue weighted by molar-refractivity contribution is -0.114. The molecule has 7 heteroatoms. The first kappa shape index (κ1) is 21.9. The Balaban J connectivity index is 1.97. The van der Waals surface area contributed by atoms with Crippen LogP contribution in [0.15, 0.2) is 77.7 Å². The highest BCUT2D eigenvalue weighted by molar-refractivity contribution is 7.92. The van der Waals surface area contributed by atoms with Gasteiger partial charge < -0.3 is 5.32 Å². The van der Waals surface area contributed by atoms with E-state index in [1.165, 1.54) is 12.1 Å². The number of nitrogens with one attached hydrogen (secondary N) is 1. The number of carbonyl (C=O) groups excluding carboxylic acids is 1. The number of benzene rings is 3. The molecule has 0 bridgehead atoms. The average molecular weight is 443 g/mol. The molecule has 0 radical (unpaired) electrons. The molecule has 0 fully saturated rings. The van der Waals surface area contributed by atoms with E-state index in [1.54, 1.807) is 48.5 Å². The number of sulfonamides is 1. The summed E-state index contributed by atoms with van der Waals surface area (Å²) >= 11 is 6.13. The van der Waals surface area contributed by atoms with E-state index in [-0.39, 0.29) is 11.4 Å². The molecule has 0 aromatic heterocycles. The zero-order chi connectivity index (χ0) is 21.7. The van der Waals surface area contributed by atoms with Gasteiger partial charge in [0.1, 0.15) is 6.54 Å². The third-order valence-corrected chi connectivity index (χ3v) is 6.90. The van der Waals surface area contributed by atoms with Crippen LogP contribution in [0.3, 0.4) is 0 Å². The maximum Gasteiger partial charge on any atom is 0.264 e. The number of hydrogen-bond acceptors (Lipinski definition) is 3. The van der Waals surface area contributed by atoms with Gasteiger partial charge in [-0.25, -0.2) is 8.42 Å².